The Bertz CT molecular complexity index is 446. The van der Waals surface area contributed by atoms with Crippen molar-refractivity contribution < 1.29 is 5.11 Å². The minimum atomic E-state index is 0. The molecule has 18 heavy (non-hydrogen) atoms. The Morgan fingerprint density at radius 3 is 2.83 bits per heavy atom. The minimum absolute atomic E-state index is 0. The van der Waals surface area contributed by atoms with Crippen LogP contribution in [0, 0.1) is 0 Å². The van der Waals surface area contributed by atoms with Gasteiger partial charge in [0.05, 0.1) is 0 Å². The van der Waals surface area contributed by atoms with Crippen LogP contribution in [0.1, 0.15) is 29.5 Å². The molecule has 5 heteroatoms. The van der Waals surface area contributed by atoms with Gasteiger partial charge in [-0.25, -0.2) is 0 Å². The molecular weight excluding hydrogens is 341 g/mol. The summed E-state index contributed by atoms with van der Waals surface area (Å²) in [6, 6.07) is 3.81. The number of guanidine groups is 1. The van der Waals surface area contributed by atoms with E-state index in [1.165, 1.54) is 24.0 Å². The number of phenolic OH excluding ortho intramolecular Hbond substituents is 1. The number of halogens is 1. The summed E-state index contributed by atoms with van der Waals surface area (Å²) in [5.74, 6) is 0.750. The molecule has 4 N–H and O–H groups in total. The van der Waals surface area contributed by atoms with Crippen LogP contribution in [0.2, 0.25) is 0 Å². The van der Waals surface area contributed by atoms with Crippen LogP contribution < -0.4 is 11.1 Å². The average molecular weight is 361 g/mol. The Morgan fingerprint density at radius 2 is 2.11 bits per heavy atom. The Kier molecular flexibility index (Phi) is 5.71. The molecule has 0 saturated carbocycles. The molecule has 2 rings (SSSR count). The van der Waals surface area contributed by atoms with Crippen LogP contribution >= 0.6 is 24.0 Å². The number of hydrogen-bond donors (Lipinski definition) is 3. The van der Waals surface area contributed by atoms with E-state index >= 15 is 0 Å². The number of benzene rings is 1. The zero-order valence-electron chi connectivity index (χ0n) is 10.6. The number of aliphatic imine (C=N–C) groups is 1. The van der Waals surface area contributed by atoms with Gasteiger partial charge in [0.15, 0.2) is 5.96 Å². The second kappa shape index (κ2) is 6.82. The SMILES string of the molecule is CN=C(N)NCc1c(O)ccc2c1CCCC2.I. The third-order valence-corrected chi connectivity index (χ3v) is 3.31. The maximum Gasteiger partial charge on any atom is 0.188 e. The van der Waals surface area contributed by atoms with E-state index < -0.39 is 0 Å². The summed E-state index contributed by atoms with van der Waals surface area (Å²) in [4.78, 5) is 3.85. The van der Waals surface area contributed by atoms with Gasteiger partial charge in [-0.05, 0) is 42.9 Å². The van der Waals surface area contributed by atoms with Crippen LogP contribution in [0.4, 0.5) is 0 Å². The molecular formula is C13H20IN3O. The lowest BCUT2D eigenvalue weighted by Gasteiger charge is -2.20. The zero-order valence-corrected chi connectivity index (χ0v) is 12.9. The summed E-state index contributed by atoms with van der Waals surface area (Å²) >= 11 is 0. The van der Waals surface area contributed by atoms with Crippen molar-refractivity contribution in [2.45, 2.75) is 32.2 Å². The summed E-state index contributed by atoms with van der Waals surface area (Å²) in [5.41, 5.74) is 9.21. The number of rotatable bonds is 2. The number of aryl methyl sites for hydroxylation is 1. The maximum absolute atomic E-state index is 9.93. The number of nitrogens with zero attached hydrogens (tertiary/aromatic N) is 1. The predicted molar refractivity (Wildman–Crippen MR) is 84.5 cm³/mol. The van der Waals surface area contributed by atoms with E-state index in [-0.39, 0.29) is 24.0 Å². The number of nitrogens with two attached hydrogens (primary N) is 1. The van der Waals surface area contributed by atoms with E-state index in [2.05, 4.69) is 10.3 Å². The molecule has 0 spiro atoms. The molecule has 0 aromatic heterocycles. The predicted octanol–water partition coefficient (Wildman–Crippen LogP) is 1.92. The number of phenols is 1. The van der Waals surface area contributed by atoms with Gasteiger partial charge in [0.25, 0.3) is 0 Å². The number of fused-ring (bicyclic) bond motifs is 1. The molecule has 0 fully saturated rings. The van der Waals surface area contributed by atoms with Crippen LogP contribution in [0.5, 0.6) is 5.75 Å². The van der Waals surface area contributed by atoms with E-state index in [1.807, 2.05) is 6.07 Å². The highest BCUT2D eigenvalue weighted by atomic mass is 127. The van der Waals surface area contributed by atoms with Gasteiger partial charge in [-0.15, -0.1) is 24.0 Å². The highest BCUT2D eigenvalue weighted by molar-refractivity contribution is 14.0. The first-order valence-electron chi connectivity index (χ1n) is 6.01. The third-order valence-electron chi connectivity index (χ3n) is 3.31. The molecule has 4 nitrogen and oxygen atoms in total. The molecule has 100 valence electrons. The van der Waals surface area contributed by atoms with Gasteiger partial charge < -0.3 is 16.2 Å². The highest BCUT2D eigenvalue weighted by Crippen LogP contribution is 2.30. The number of aromatic hydroxyl groups is 1. The van der Waals surface area contributed by atoms with Gasteiger partial charge in [-0.1, -0.05) is 6.07 Å². The van der Waals surface area contributed by atoms with Crippen LogP contribution in [-0.4, -0.2) is 18.1 Å². The fourth-order valence-electron chi connectivity index (χ4n) is 2.35. The summed E-state index contributed by atoms with van der Waals surface area (Å²) in [6.07, 6.45) is 4.59. The molecule has 1 aliphatic carbocycles. The van der Waals surface area contributed by atoms with Crippen LogP contribution in [0.25, 0.3) is 0 Å². The monoisotopic (exact) mass is 361 g/mol. The molecule has 0 aliphatic heterocycles. The average Bonchev–Trinajstić information content (AvgIpc) is 2.37. The van der Waals surface area contributed by atoms with E-state index in [0.29, 0.717) is 18.3 Å². The summed E-state index contributed by atoms with van der Waals surface area (Å²) in [5, 5.41) is 12.9. The molecule has 0 bridgehead atoms. The number of nitrogens with one attached hydrogen (secondary N) is 1. The zero-order chi connectivity index (χ0) is 12.3. The topological polar surface area (TPSA) is 70.6 Å². The molecule has 1 aromatic rings. The van der Waals surface area contributed by atoms with Crippen molar-refractivity contribution in [1.29, 1.82) is 0 Å². The normalized spacial score (nSPS) is 14.6. The van der Waals surface area contributed by atoms with Gasteiger partial charge in [0.1, 0.15) is 5.75 Å². The van der Waals surface area contributed by atoms with Crippen molar-refractivity contribution in [3.8, 4) is 5.75 Å². The summed E-state index contributed by atoms with van der Waals surface area (Å²) in [6.45, 7) is 0.540. The van der Waals surface area contributed by atoms with Gasteiger partial charge in [0.2, 0.25) is 0 Å². The lowest BCUT2D eigenvalue weighted by Crippen LogP contribution is -2.31. The largest absolute Gasteiger partial charge is 0.508 e. The van der Waals surface area contributed by atoms with Crippen molar-refractivity contribution >= 4 is 29.9 Å². The van der Waals surface area contributed by atoms with Crippen LogP contribution in [0.15, 0.2) is 17.1 Å². The molecule has 0 atom stereocenters. The quantitative estimate of drug-likeness (QED) is 0.428. The van der Waals surface area contributed by atoms with E-state index in [1.54, 1.807) is 13.1 Å². The van der Waals surface area contributed by atoms with Crippen molar-refractivity contribution in [2.24, 2.45) is 10.7 Å². The maximum atomic E-state index is 9.93. The van der Waals surface area contributed by atoms with Crippen molar-refractivity contribution in [1.82, 2.24) is 5.32 Å². The van der Waals surface area contributed by atoms with Crippen molar-refractivity contribution in [3.63, 3.8) is 0 Å². The lowest BCUT2D eigenvalue weighted by atomic mass is 9.88. The highest BCUT2D eigenvalue weighted by Gasteiger charge is 2.16. The molecule has 0 unspecified atom stereocenters. The van der Waals surface area contributed by atoms with E-state index in [9.17, 15) is 5.11 Å². The first-order chi connectivity index (χ1) is 8.22. The smallest absolute Gasteiger partial charge is 0.188 e. The molecule has 0 radical (unpaired) electrons. The van der Waals surface area contributed by atoms with E-state index in [4.69, 9.17) is 5.73 Å². The molecule has 1 aromatic carbocycles. The fourth-order valence-corrected chi connectivity index (χ4v) is 2.35. The Balaban J connectivity index is 0.00000162. The van der Waals surface area contributed by atoms with E-state index in [0.717, 1.165) is 18.4 Å². The van der Waals surface area contributed by atoms with Gasteiger partial charge in [-0.2, -0.15) is 0 Å². The van der Waals surface area contributed by atoms with Gasteiger partial charge in [0, 0.05) is 19.2 Å². The van der Waals surface area contributed by atoms with Gasteiger partial charge >= 0.3 is 0 Å². The van der Waals surface area contributed by atoms with Crippen molar-refractivity contribution in [2.75, 3.05) is 7.05 Å². The molecule has 0 amide bonds. The minimum Gasteiger partial charge on any atom is -0.508 e. The first-order valence-corrected chi connectivity index (χ1v) is 6.01. The molecule has 0 heterocycles. The van der Waals surface area contributed by atoms with Gasteiger partial charge in [-0.3, -0.25) is 4.99 Å². The Labute approximate surface area is 125 Å². The molecule has 0 saturated heterocycles. The van der Waals surface area contributed by atoms with Crippen LogP contribution in [-0.2, 0) is 19.4 Å². The lowest BCUT2D eigenvalue weighted by molar-refractivity contribution is 0.464. The molecule has 1 aliphatic rings. The Morgan fingerprint density at radius 1 is 1.39 bits per heavy atom. The second-order valence-corrected chi connectivity index (χ2v) is 4.37. The van der Waals surface area contributed by atoms with Crippen LogP contribution in [0.3, 0.4) is 0 Å². The summed E-state index contributed by atoms with van der Waals surface area (Å²) in [7, 11) is 1.64. The van der Waals surface area contributed by atoms with Crippen molar-refractivity contribution in [3.05, 3.63) is 28.8 Å². The fraction of sp³-hybridized carbons (Fsp3) is 0.462. The standard InChI is InChI=1S/C13H19N3O.HI/c1-15-13(14)16-8-11-10-5-3-2-4-9(10)6-7-12(11)17;/h6-7,17H,2-5,8H2,1H3,(H3,14,15,16);1H. The third kappa shape index (κ3) is 3.28. The summed E-state index contributed by atoms with van der Waals surface area (Å²) < 4.78 is 0. The second-order valence-electron chi connectivity index (χ2n) is 4.37. The first kappa shape index (κ1) is 15.1. The Hall–Kier alpha value is -0.980. The number of hydrogen-bond acceptors (Lipinski definition) is 2.